The van der Waals surface area contributed by atoms with Crippen molar-refractivity contribution in [3.63, 3.8) is 0 Å². The van der Waals surface area contributed by atoms with Crippen molar-refractivity contribution in [1.29, 1.82) is 0 Å². The third-order valence-electron chi connectivity index (χ3n) is 21.0. The number of hydrogen-bond acceptors (Lipinski definition) is 8. The molecule has 0 N–H and O–H groups in total. The van der Waals surface area contributed by atoms with Gasteiger partial charge in [0.1, 0.15) is 0 Å². The van der Waals surface area contributed by atoms with Crippen molar-refractivity contribution in [2.75, 3.05) is 0 Å². The van der Waals surface area contributed by atoms with Crippen molar-refractivity contribution in [1.82, 2.24) is 29.9 Å². The molecule has 0 aliphatic carbocycles. The molecule has 4 aromatic heterocycles. The zero-order chi connectivity index (χ0) is 69.8. The molecular formula is C98H58N6S2. The predicted octanol–water partition coefficient (Wildman–Crippen LogP) is 26.9. The Morgan fingerprint density at radius 1 is 0.160 bits per heavy atom. The lowest BCUT2D eigenvalue weighted by molar-refractivity contribution is 1.08. The molecule has 4 heterocycles. The standard InChI is InChI=1S/C98H58N6S2/c1-2-25-63-53-67(48-47-59(63)21-1)64-30-15-32-70(54-64)93-99-94(101-96(100-93)83-44-19-42-80-78-38-13-14-46-88(78)105-91(80)83)71-33-16-31-68(55-71)85-56-65-26-3-4-27-66(65)57-86(85)69-50-52-89-87(58-69)81-43-20-45-84(92(81)106-89)97-102-95(82-39-12-11-37-77(82)75-40-17-28-60-22-5-8-34-72(60)75)103-98(104-97)90-74-36-10-7-24-62(74)49-51-79(90)76-41-18-29-61-23-6-9-35-73(61)76/h1-58H. The van der Waals surface area contributed by atoms with E-state index in [-0.39, 0.29) is 0 Å². The molecule has 0 spiro atoms. The summed E-state index contributed by atoms with van der Waals surface area (Å²) in [6, 6.07) is 127. The topological polar surface area (TPSA) is 77.3 Å². The Kier molecular flexibility index (Phi) is 14.5. The van der Waals surface area contributed by atoms with Gasteiger partial charge in [0.05, 0.1) is 0 Å². The molecule has 0 atom stereocenters. The van der Waals surface area contributed by atoms with Crippen LogP contribution in [0, 0.1) is 0 Å². The largest absolute Gasteiger partial charge is 0.208 e. The third-order valence-corrected chi connectivity index (χ3v) is 23.4. The number of fused-ring (bicyclic) bond motifs is 11. The van der Waals surface area contributed by atoms with E-state index in [0.29, 0.717) is 34.9 Å². The molecular weight excluding hydrogens is 1330 g/mol. The van der Waals surface area contributed by atoms with Crippen molar-refractivity contribution >= 4 is 117 Å². The molecule has 0 radical (unpaired) electrons. The van der Waals surface area contributed by atoms with Crippen LogP contribution in [0.1, 0.15) is 0 Å². The first-order chi connectivity index (χ1) is 52.5. The summed E-state index contributed by atoms with van der Waals surface area (Å²) in [4.78, 5) is 33.3. The highest BCUT2D eigenvalue weighted by molar-refractivity contribution is 7.26. The summed E-state index contributed by atoms with van der Waals surface area (Å²) in [6.45, 7) is 0. The molecule has 0 unspecified atom stereocenters. The van der Waals surface area contributed by atoms with E-state index >= 15 is 0 Å². The Balaban J connectivity index is 0.722. The normalized spacial score (nSPS) is 11.8. The van der Waals surface area contributed by atoms with E-state index in [1.54, 1.807) is 22.7 Å². The summed E-state index contributed by atoms with van der Waals surface area (Å²) in [5.41, 5.74) is 16.5. The first kappa shape index (κ1) is 61.2. The minimum Gasteiger partial charge on any atom is -0.208 e. The number of hydrogen-bond donors (Lipinski definition) is 0. The number of nitrogens with zero attached hydrogens (tertiary/aromatic N) is 6. The second kappa shape index (κ2) is 25.2. The summed E-state index contributed by atoms with van der Waals surface area (Å²) in [7, 11) is 0. The van der Waals surface area contributed by atoms with Crippen LogP contribution in [0.15, 0.2) is 352 Å². The van der Waals surface area contributed by atoms with Crippen molar-refractivity contribution in [2.45, 2.75) is 0 Å². The average Bonchev–Trinajstić information content (AvgIpc) is 1.22. The zero-order valence-corrected chi connectivity index (χ0v) is 58.6. The van der Waals surface area contributed by atoms with Gasteiger partial charge in [-0.3, -0.25) is 0 Å². The highest BCUT2D eigenvalue weighted by Crippen LogP contribution is 2.48. The Labute approximate surface area is 618 Å². The smallest absolute Gasteiger partial charge is 0.165 e. The maximum absolute atomic E-state index is 5.71. The molecule has 0 saturated heterocycles. The molecule has 0 aliphatic heterocycles. The van der Waals surface area contributed by atoms with E-state index in [1.165, 1.54) is 37.0 Å². The maximum Gasteiger partial charge on any atom is 0.165 e. The Morgan fingerprint density at radius 3 is 1.20 bits per heavy atom. The van der Waals surface area contributed by atoms with Gasteiger partial charge in [0.15, 0.2) is 34.9 Å². The van der Waals surface area contributed by atoms with Gasteiger partial charge < -0.3 is 0 Å². The van der Waals surface area contributed by atoms with Gasteiger partial charge in [-0.2, -0.15) is 0 Å². The molecule has 0 saturated carbocycles. The Bertz CT molecular complexity index is 7180. The SMILES string of the molecule is c1cc(-c2ccc3ccccc3c2)cc(-c2nc(-c3cccc(-c4cc5ccccc5cc4-c4ccc5sc6c(-c7nc(-c8ccccc8-c8cccc9ccccc89)nc(-c8c(-c9cccc%10ccccc9%10)ccc9ccccc89)n7)cccc6c5c4)c3)nc(-c3cccc4c3sc3ccccc34)n2)c1. The average molecular weight is 1380 g/mol. The minimum absolute atomic E-state index is 0.592. The summed E-state index contributed by atoms with van der Waals surface area (Å²) >= 11 is 3.56. The van der Waals surface area contributed by atoms with Crippen LogP contribution in [0.3, 0.4) is 0 Å². The van der Waals surface area contributed by atoms with E-state index in [4.69, 9.17) is 29.9 Å². The number of benzene rings is 17. The molecule has 0 amide bonds. The molecule has 21 aromatic rings. The van der Waals surface area contributed by atoms with Gasteiger partial charge in [-0.25, -0.2) is 29.9 Å². The molecule has 106 heavy (non-hydrogen) atoms. The van der Waals surface area contributed by atoms with Crippen molar-refractivity contribution in [3.05, 3.63) is 352 Å². The molecule has 17 aromatic carbocycles. The lowest BCUT2D eigenvalue weighted by Gasteiger charge is -2.17. The first-order valence-electron chi connectivity index (χ1n) is 35.7. The van der Waals surface area contributed by atoms with E-state index in [2.05, 4.69) is 352 Å². The van der Waals surface area contributed by atoms with Crippen molar-refractivity contribution in [3.8, 4) is 124 Å². The summed E-state index contributed by atoms with van der Waals surface area (Å²) in [6.07, 6.45) is 0. The van der Waals surface area contributed by atoms with Crippen LogP contribution in [0.4, 0.5) is 0 Å². The van der Waals surface area contributed by atoms with E-state index in [9.17, 15) is 0 Å². The van der Waals surface area contributed by atoms with Gasteiger partial charge in [0.25, 0.3) is 0 Å². The van der Waals surface area contributed by atoms with Gasteiger partial charge in [-0.1, -0.05) is 291 Å². The molecule has 0 fully saturated rings. The first-order valence-corrected chi connectivity index (χ1v) is 37.3. The molecule has 21 rings (SSSR count). The quantitative estimate of drug-likeness (QED) is 0.128. The summed E-state index contributed by atoms with van der Waals surface area (Å²) in [5, 5.41) is 16.2. The fraction of sp³-hybridized carbons (Fsp3) is 0. The molecule has 492 valence electrons. The number of aromatic nitrogens is 6. The van der Waals surface area contributed by atoms with Gasteiger partial charge in [-0.15, -0.1) is 22.7 Å². The van der Waals surface area contributed by atoms with Crippen LogP contribution in [-0.4, -0.2) is 29.9 Å². The molecule has 6 nitrogen and oxygen atoms in total. The fourth-order valence-corrected chi connectivity index (χ4v) is 18.3. The van der Waals surface area contributed by atoms with Crippen LogP contribution in [0.2, 0.25) is 0 Å². The van der Waals surface area contributed by atoms with E-state index in [0.717, 1.165) is 146 Å². The highest BCUT2D eigenvalue weighted by atomic mass is 32.1. The molecule has 0 aliphatic rings. The molecule has 8 heteroatoms. The van der Waals surface area contributed by atoms with Gasteiger partial charge in [0.2, 0.25) is 0 Å². The highest BCUT2D eigenvalue weighted by Gasteiger charge is 2.25. The van der Waals surface area contributed by atoms with Crippen LogP contribution in [0.5, 0.6) is 0 Å². The molecule has 0 bridgehead atoms. The predicted molar refractivity (Wildman–Crippen MR) is 446 cm³/mol. The van der Waals surface area contributed by atoms with Crippen LogP contribution in [0.25, 0.3) is 218 Å². The van der Waals surface area contributed by atoms with Crippen LogP contribution >= 0.6 is 22.7 Å². The second-order valence-electron chi connectivity index (χ2n) is 27.2. The van der Waals surface area contributed by atoms with Crippen LogP contribution < -0.4 is 0 Å². The zero-order valence-electron chi connectivity index (χ0n) is 57.0. The van der Waals surface area contributed by atoms with Crippen molar-refractivity contribution < 1.29 is 0 Å². The van der Waals surface area contributed by atoms with Crippen molar-refractivity contribution in [2.24, 2.45) is 0 Å². The monoisotopic (exact) mass is 1380 g/mol. The number of thiophene rings is 2. The minimum atomic E-state index is 0.592. The second-order valence-corrected chi connectivity index (χ2v) is 29.3. The van der Waals surface area contributed by atoms with Gasteiger partial charge >= 0.3 is 0 Å². The maximum atomic E-state index is 5.71. The summed E-state index contributed by atoms with van der Waals surface area (Å²) in [5.74, 6) is 3.62. The van der Waals surface area contributed by atoms with Gasteiger partial charge in [0, 0.05) is 73.7 Å². The fourth-order valence-electron chi connectivity index (χ4n) is 15.9. The summed E-state index contributed by atoms with van der Waals surface area (Å²) < 4.78 is 4.62. The van der Waals surface area contributed by atoms with E-state index in [1.807, 2.05) is 0 Å². The van der Waals surface area contributed by atoms with E-state index < -0.39 is 0 Å². The lowest BCUT2D eigenvalue weighted by atomic mass is 9.90. The Morgan fingerprint density at radius 2 is 0.538 bits per heavy atom. The van der Waals surface area contributed by atoms with Gasteiger partial charge in [-0.05, 0) is 170 Å². The third kappa shape index (κ3) is 10.5. The van der Waals surface area contributed by atoms with Crippen LogP contribution in [-0.2, 0) is 0 Å². The Hall–Kier alpha value is -13.5. The number of rotatable bonds is 11. The lowest BCUT2D eigenvalue weighted by Crippen LogP contribution is -2.03.